The van der Waals surface area contributed by atoms with Crippen molar-refractivity contribution in [1.29, 1.82) is 0 Å². The van der Waals surface area contributed by atoms with Crippen molar-refractivity contribution in [2.75, 3.05) is 0 Å². The minimum atomic E-state index is -5.39. The van der Waals surface area contributed by atoms with Crippen LogP contribution in [0, 0.1) is 0 Å². The molecule has 0 saturated carbocycles. The minimum Gasteiger partial charge on any atom is -0.822 e. The molecule has 0 fully saturated rings. The Morgan fingerprint density at radius 3 is 0.889 bits per heavy atom. The predicted octanol–water partition coefficient (Wildman–Crippen LogP) is -11.8. The topological polar surface area (TPSA) is 86.2 Å². The molecule has 0 N–H and O–H groups in total. The van der Waals surface area contributed by atoms with Crippen LogP contribution in [0.5, 0.6) is 0 Å². The van der Waals surface area contributed by atoms with Crippen LogP contribution in [-0.4, -0.2) is 0 Å². The van der Waals surface area contributed by atoms with Crippen LogP contribution in [0.3, 0.4) is 0 Å². The summed E-state index contributed by atoms with van der Waals surface area (Å²) in [6.45, 7) is 0. The van der Waals surface area contributed by atoms with Crippen LogP contribution in [0.2, 0.25) is 0 Å². The zero-order valence-electron chi connectivity index (χ0n) is 5.46. The molecule has 0 aliphatic carbocycles. The summed E-state index contributed by atoms with van der Waals surface area (Å²) in [7, 11) is -5.39. The number of phosphoric acid groups is 1. The maximum Gasteiger partial charge on any atom is 2.00 e. The molecule has 0 aromatic heterocycles. The molecule has 0 aromatic rings. The Hall–Kier alpha value is 2.42. The molecular weight excluding hydrogens is 171 g/mol. The van der Waals surface area contributed by atoms with Crippen molar-refractivity contribution >= 4 is 7.82 Å². The van der Waals surface area contributed by atoms with Gasteiger partial charge >= 0.3 is 73.7 Å². The molecule has 0 amide bonds. The van der Waals surface area contributed by atoms with Crippen LogP contribution in [0.15, 0.2) is 0 Å². The fraction of sp³-hybridized carbons (Fsp3) is 0. The SMILES string of the molecule is O=P([O-])([O-])[O-].[Li+].[Li+].[Li+].[Mn+2]. The van der Waals surface area contributed by atoms with Gasteiger partial charge < -0.3 is 19.2 Å². The molecule has 9 heavy (non-hydrogen) atoms. The summed E-state index contributed by atoms with van der Waals surface area (Å²) in [5.41, 5.74) is 0. The molecule has 0 saturated heterocycles. The van der Waals surface area contributed by atoms with Crippen molar-refractivity contribution in [3.63, 3.8) is 0 Å². The molecule has 0 rings (SSSR count). The van der Waals surface area contributed by atoms with Gasteiger partial charge in [0.2, 0.25) is 0 Å². The van der Waals surface area contributed by atoms with E-state index in [-0.39, 0.29) is 73.7 Å². The first-order valence-electron chi connectivity index (χ1n) is 0.730. The van der Waals surface area contributed by atoms with E-state index in [1.807, 2.05) is 0 Å². The Labute approximate surface area is 99.8 Å². The molecule has 0 unspecified atom stereocenters. The molecule has 0 aromatic carbocycles. The van der Waals surface area contributed by atoms with E-state index in [0.29, 0.717) is 0 Å². The first-order valence-corrected chi connectivity index (χ1v) is 2.19. The van der Waals surface area contributed by atoms with Gasteiger partial charge in [-0.15, -0.1) is 0 Å². The quantitative estimate of drug-likeness (QED) is 0.267. The monoisotopic (exact) mass is 171 g/mol. The normalized spacial score (nSPS) is 6.56. The van der Waals surface area contributed by atoms with Gasteiger partial charge in [0, 0.05) is 0 Å². The molecule has 0 aliphatic rings. The zero-order valence-corrected chi connectivity index (χ0v) is 7.53. The van der Waals surface area contributed by atoms with Gasteiger partial charge in [-0.25, -0.2) is 0 Å². The zero-order chi connectivity index (χ0) is 4.50. The van der Waals surface area contributed by atoms with Gasteiger partial charge in [-0.2, -0.15) is 7.82 Å². The first kappa shape index (κ1) is 30.1. The number of hydrogen-bond donors (Lipinski definition) is 0. The van der Waals surface area contributed by atoms with Crippen LogP contribution in [0.25, 0.3) is 0 Å². The van der Waals surface area contributed by atoms with Gasteiger partial charge in [-0.3, -0.25) is 0 Å². The van der Waals surface area contributed by atoms with Crippen LogP contribution >= 0.6 is 7.82 Å². The average molecular weight is 171 g/mol. The maximum atomic E-state index is 8.55. The molecule has 37 valence electrons. The second kappa shape index (κ2) is 13.0. The second-order valence-electron chi connectivity index (χ2n) is 0.447. The summed E-state index contributed by atoms with van der Waals surface area (Å²) in [4.78, 5) is 25.6. The smallest absolute Gasteiger partial charge is 0.822 e. The van der Waals surface area contributed by atoms with Crippen LogP contribution in [-0.2, 0) is 21.6 Å². The predicted molar refractivity (Wildman–Crippen MR) is 7.61 cm³/mol. The van der Waals surface area contributed by atoms with E-state index in [4.69, 9.17) is 19.2 Å². The van der Waals surface area contributed by atoms with E-state index < -0.39 is 7.82 Å². The summed E-state index contributed by atoms with van der Waals surface area (Å²) >= 11 is 0. The second-order valence-corrected chi connectivity index (χ2v) is 1.34. The molecule has 9 heteroatoms. The molecule has 1 radical (unpaired) electrons. The Bertz CT molecular complexity index is 61.9. The van der Waals surface area contributed by atoms with Gasteiger partial charge in [0.1, 0.15) is 0 Å². The molecule has 0 aliphatic heterocycles. The van der Waals surface area contributed by atoms with Crippen molar-refractivity contribution in [3.8, 4) is 0 Å². The van der Waals surface area contributed by atoms with Crippen LogP contribution in [0.1, 0.15) is 0 Å². The first-order chi connectivity index (χ1) is 2.00. The standard InChI is InChI=1S/3Li.Mn.H3O4P/c;;;;1-5(2,3)4/h;;;;(H3,1,2,3,4)/q3*+1;+2;/p-3. The molecule has 0 heterocycles. The van der Waals surface area contributed by atoms with E-state index in [1.165, 1.54) is 0 Å². The molecule has 0 bridgehead atoms. The van der Waals surface area contributed by atoms with Crippen molar-refractivity contribution in [2.24, 2.45) is 0 Å². The third kappa shape index (κ3) is 126. The summed E-state index contributed by atoms with van der Waals surface area (Å²) in [5, 5.41) is 0. The largest absolute Gasteiger partial charge is 2.00 e. The van der Waals surface area contributed by atoms with E-state index in [2.05, 4.69) is 0 Å². The summed E-state index contributed by atoms with van der Waals surface area (Å²) in [6.07, 6.45) is 0. The van der Waals surface area contributed by atoms with Gasteiger partial charge in [-0.1, -0.05) is 0 Å². The maximum absolute atomic E-state index is 8.55. The van der Waals surface area contributed by atoms with E-state index in [1.54, 1.807) is 0 Å². The van der Waals surface area contributed by atoms with Gasteiger partial charge in [0.15, 0.2) is 0 Å². The summed E-state index contributed by atoms with van der Waals surface area (Å²) in [6, 6.07) is 0. The summed E-state index contributed by atoms with van der Waals surface area (Å²) < 4.78 is 8.55. The third-order valence-corrected chi connectivity index (χ3v) is 0. The summed E-state index contributed by atoms with van der Waals surface area (Å²) in [5.74, 6) is 0. The Balaban J connectivity index is -0.0000000133. The molecule has 4 nitrogen and oxygen atoms in total. The number of hydrogen-bond acceptors (Lipinski definition) is 4. The van der Waals surface area contributed by atoms with E-state index in [0.717, 1.165) is 0 Å². The van der Waals surface area contributed by atoms with Crippen molar-refractivity contribution in [3.05, 3.63) is 0 Å². The van der Waals surface area contributed by atoms with Crippen LogP contribution < -0.4 is 71.3 Å². The van der Waals surface area contributed by atoms with Gasteiger partial charge in [0.25, 0.3) is 0 Å². The van der Waals surface area contributed by atoms with E-state index >= 15 is 0 Å². The Morgan fingerprint density at radius 1 is 0.889 bits per heavy atom. The molecule has 0 atom stereocenters. The van der Waals surface area contributed by atoms with E-state index in [9.17, 15) is 0 Å². The minimum absolute atomic E-state index is 0. The van der Waals surface area contributed by atoms with Crippen molar-refractivity contribution in [1.82, 2.24) is 0 Å². The Morgan fingerprint density at radius 2 is 0.889 bits per heavy atom. The fourth-order valence-electron chi connectivity index (χ4n) is 0. The molecular formula is Li3MnO4P+2. The Kier molecular flexibility index (Phi) is 43.6. The number of rotatable bonds is 0. The third-order valence-electron chi connectivity index (χ3n) is 0. The van der Waals surface area contributed by atoms with Crippen LogP contribution in [0.4, 0.5) is 0 Å². The molecule has 0 spiro atoms. The average Bonchev–Trinajstić information content (AvgIpc) is 0.722. The van der Waals surface area contributed by atoms with Crippen molar-refractivity contribution in [2.45, 2.75) is 0 Å². The van der Waals surface area contributed by atoms with Gasteiger partial charge in [-0.05, 0) is 0 Å². The van der Waals surface area contributed by atoms with Crippen molar-refractivity contribution < 1.29 is 92.9 Å². The fourth-order valence-corrected chi connectivity index (χ4v) is 0. The van der Waals surface area contributed by atoms with Gasteiger partial charge in [0.05, 0.1) is 0 Å².